The zero-order valence-electron chi connectivity index (χ0n) is 14.6. The highest BCUT2D eigenvalue weighted by Crippen LogP contribution is 2.56. The largest absolute Gasteiger partial charge is 0.508 e. The van der Waals surface area contributed by atoms with Crippen LogP contribution in [0.15, 0.2) is 27.4 Å². The van der Waals surface area contributed by atoms with Crippen molar-refractivity contribution < 1.29 is 34.7 Å². The van der Waals surface area contributed by atoms with Crippen molar-refractivity contribution in [2.45, 2.75) is 25.6 Å². The molecule has 0 amide bonds. The summed E-state index contributed by atoms with van der Waals surface area (Å²) in [5, 5.41) is 50.8. The predicted molar refractivity (Wildman–Crippen MR) is 96.8 cm³/mol. The molecule has 144 valence electrons. The SMILES string of the molecule is C[C@@H]1[C@@H]2Cc3c(oc4cc(O)cc(O)c4c3=O)-c3c(O)cc(O)c(c32)O[C@@H]1O. The van der Waals surface area contributed by atoms with Crippen molar-refractivity contribution >= 4 is 11.0 Å². The van der Waals surface area contributed by atoms with Crippen molar-refractivity contribution in [1.82, 2.24) is 0 Å². The minimum atomic E-state index is -1.19. The van der Waals surface area contributed by atoms with E-state index in [-0.39, 0.29) is 57.3 Å². The van der Waals surface area contributed by atoms with E-state index in [1.54, 1.807) is 6.92 Å². The molecule has 28 heavy (non-hydrogen) atoms. The molecule has 3 atom stereocenters. The Morgan fingerprint density at radius 3 is 2.54 bits per heavy atom. The summed E-state index contributed by atoms with van der Waals surface area (Å²) in [5.41, 5.74) is 0.362. The Hall–Kier alpha value is -3.39. The molecule has 0 saturated carbocycles. The standard InChI is InChI=1S/C20H16O8/c1-6-8-4-9-17(25)15-10(22)2-7(21)3-13(15)27-18(9)16-11(23)5-12(24)19(14(8)16)28-20(6)26/h2-3,5-6,8,20-24,26H,4H2,1H3/t6-,8+,20+/m1/s1. The first-order valence-electron chi connectivity index (χ1n) is 8.73. The lowest BCUT2D eigenvalue weighted by Gasteiger charge is -2.39. The van der Waals surface area contributed by atoms with Crippen LogP contribution in [0.25, 0.3) is 22.3 Å². The van der Waals surface area contributed by atoms with Crippen LogP contribution in [0.2, 0.25) is 0 Å². The predicted octanol–water partition coefficient (Wildman–Crippen LogP) is 2.27. The van der Waals surface area contributed by atoms with E-state index in [1.807, 2.05) is 0 Å². The summed E-state index contributed by atoms with van der Waals surface area (Å²) in [6.07, 6.45) is -1.03. The minimum absolute atomic E-state index is 0.0364. The maximum absolute atomic E-state index is 13.1. The minimum Gasteiger partial charge on any atom is -0.508 e. The van der Waals surface area contributed by atoms with Gasteiger partial charge in [0.15, 0.2) is 16.9 Å². The van der Waals surface area contributed by atoms with E-state index >= 15 is 0 Å². The molecule has 0 spiro atoms. The smallest absolute Gasteiger partial charge is 0.200 e. The van der Waals surface area contributed by atoms with Crippen LogP contribution < -0.4 is 10.2 Å². The summed E-state index contributed by atoms with van der Waals surface area (Å²) in [4.78, 5) is 13.1. The number of phenolic OH excluding ortho intramolecular Hbond substituents is 4. The Balaban J connectivity index is 1.93. The van der Waals surface area contributed by atoms with Crippen LogP contribution in [0.1, 0.15) is 24.0 Å². The summed E-state index contributed by atoms with van der Waals surface area (Å²) < 4.78 is 11.3. The van der Waals surface area contributed by atoms with Crippen LogP contribution in [0.4, 0.5) is 0 Å². The highest BCUT2D eigenvalue weighted by atomic mass is 16.6. The Labute approximate surface area is 157 Å². The first-order chi connectivity index (χ1) is 13.3. The summed E-state index contributed by atoms with van der Waals surface area (Å²) in [5.74, 6) is -2.04. The number of benzene rings is 2. The molecule has 8 nitrogen and oxygen atoms in total. The summed E-state index contributed by atoms with van der Waals surface area (Å²) in [7, 11) is 0. The molecule has 0 saturated heterocycles. The second kappa shape index (κ2) is 5.32. The van der Waals surface area contributed by atoms with Crippen LogP contribution in [-0.4, -0.2) is 31.8 Å². The normalized spacial score (nSPS) is 22.4. The average Bonchev–Trinajstić information content (AvgIpc) is 2.61. The second-order valence-corrected chi connectivity index (χ2v) is 7.29. The lowest BCUT2D eigenvalue weighted by molar-refractivity contribution is -0.0785. The van der Waals surface area contributed by atoms with E-state index in [0.29, 0.717) is 5.56 Å². The van der Waals surface area contributed by atoms with Gasteiger partial charge in [-0.1, -0.05) is 6.92 Å². The van der Waals surface area contributed by atoms with Gasteiger partial charge >= 0.3 is 0 Å². The summed E-state index contributed by atoms with van der Waals surface area (Å²) >= 11 is 0. The molecule has 5 rings (SSSR count). The molecule has 0 radical (unpaired) electrons. The van der Waals surface area contributed by atoms with Crippen molar-refractivity contribution in [3.63, 3.8) is 0 Å². The summed E-state index contributed by atoms with van der Waals surface area (Å²) in [6, 6.07) is 3.32. The Morgan fingerprint density at radius 1 is 1.04 bits per heavy atom. The van der Waals surface area contributed by atoms with Crippen LogP contribution in [0.3, 0.4) is 0 Å². The van der Waals surface area contributed by atoms with E-state index in [0.717, 1.165) is 12.1 Å². The molecule has 1 aromatic heterocycles. The highest BCUT2D eigenvalue weighted by molar-refractivity contribution is 5.89. The molecule has 1 aliphatic carbocycles. The van der Waals surface area contributed by atoms with E-state index in [9.17, 15) is 30.3 Å². The maximum Gasteiger partial charge on any atom is 0.200 e. The van der Waals surface area contributed by atoms with E-state index in [1.165, 1.54) is 6.07 Å². The third-order valence-electron chi connectivity index (χ3n) is 5.67. The number of ether oxygens (including phenoxy) is 1. The lowest BCUT2D eigenvalue weighted by atomic mass is 9.73. The fourth-order valence-electron chi connectivity index (χ4n) is 4.28. The van der Waals surface area contributed by atoms with Gasteiger partial charge in [0, 0.05) is 41.2 Å². The van der Waals surface area contributed by atoms with Crippen LogP contribution in [0.5, 0.6) is 28.7 Å². The van der Waals surface area contributed by atoms with Crippen molar-refractivity contribution in [1.29, 1.82) is 0 Å². The van der Waals surface area contributed by atoms with Crippen LogP contribution >= 0.6 is 0 Å². The van der Waals surface area contributed by atoms with Crippen molar-refractivity contribution in [3.05, 3.63) is 39.5 Å². The van der Waals surface area contributed by atoms with Gasteiger partial charge in [0.25, 0.3) is 0 Å². The topological polar surface area (TPSA) is 141 Å². The molecular formula is C20H16O8. The molecule has 2 aromatic carbocycles. The number of aliphatic hydroxyl groups excluding tert-OH is 1. The van der Waals surface area contributed by atoms with Crippen LogP contribution in [0, 0.1) is 5.92 Å². The van der Waals surface area contributed by atoms with Crippen LogP contribution in [-0.2, 0) is 6.42 Å². The Bertz CT molecular complexity index is 1230. The Kier molecular flexibility index (Phi) is 3.19. The van der Waals surface area contributed by atoms with Gasteiger partial charge in [0.2, 0.25) is 6.29 Å². The molecule has 1 aliphatic heterocycles. The zero-order valence-corrected chi connectivity index (χ0v) is 14.6. The highest BCUT2D eigenvalue weighted by Gasteiger charge is 2.44. The monoisotopic (exact) mass is 384 g/mol. The van der Waals surface area contributed by atoms with Gasteiger partial charge in [-0.25, -0.2) is 0 Å². The number of hydrogen-bond donors (Lipinski definition) is 5. The molecule has 5 N–H and O–H groups in total. The fourth-order valence-corrected chi connectivity index (χ4v) is 4.28. The molecule has 3 aromatic rings. The van der Waals surface area contributed by atoms with Crippen molar-refractivity contribution in [2.24, 2.45) is 5.92 Å². The summed E-state index contributed by atoms with van der Waals surface area (Å²) in [6.45, 7) is 1.74. The Morgan fingerprint density at radius 2 is 1.79 bits per heavy atom. The van der Waals surface area contributed by atoms with Gasteiger partial charge in [-0.15, -0.1) is 0 Å². The first-order valence-corrected chi connectivity index (χ1v) is 8.73. The second-order valence-electron chi connectivity index (χ2n) is 7.29. The van der Waals surface area contributed by atoms with E-state index in [2.05, 4.69) is 0 Å². The molecule has 0 bridgehead atoms. The molecule has 0 unspecified atom stereocenters. The average molecular weight is 384 g/mol. The number of rotatable bonds is 0. The van der Waals surface area contributed by atoms with Gasteiger partial charge in [0.1, 0.15) is 34.0 Å². The zero-order chi connectivity index (χ0) is 19.9. The third kappa shape index (κ3) is 2.00. The van der Waals surface area contributed by atoms with Gasteiger partial charge in [-0.2, -0.15) is 0 Å². The molecule has 0 fully saturated rings. The van der Waals surface area contributed by atoms with Gasteiger partial charge in [0.05, 0.1) is 5.56 Å². The molecule has 2 heterocycles. The third-order valence-corrected chi connectivity index (χ3v) is 5.67. The van der Waals surface area contributed by atoms with E-state index in [4.69, 9.17) is 9.15 Å². The molecule has 8 heteroatoms. The number of aromatic hydroxyl groups is 4. The molecular weight excluding hydrogens is 368 g/mol. The maximum atomic E-state index is 13.1. The van der Waals surface area contributed by atoms with Gasteiger partial charge in [-0.3, -0.25) is 4.79 Å². The number of hydrogen-bond acceptors (Lipinski definition) is 8. The van der Waals surface area contributed by atoms with Crippen molar-refractivity contribution in [2.75, 3.05) is 0 Å². The number of aliphatic hydroxyl groups is 1. The molecule has 2 aliphatic rings. The van der Waals surface area contributed by atoms with Gasteiger partial charge < -0.3 is 34.7 Å². The number of phenols is 4. The van der Waals surface area contributed by atoms with E-state index < -0.39 is 29.3 Å². The first kappa shape index (κ1) is 16.8. The quantitative estimate of drug-likeness (QED) is 0.398. The van der Waals surface area contributed by atoms with Crippen molar-refractivity contribution in [3.8, 4) is 40.1 Å². The lowest BCUT2D eigenvalue weighted by Crippen LogP contribution is -2.37. The fraction of sp³-hybridized carbons (Fsp3) is 0.250. The number of fused-ring (bicyclic) bond motifs is 3. The van der Waals surface area contributed by atoms with Gasteiger partial charge in [-0.05, 0) is 6.42 Å².